The molecule has 3 aliphatic heterocycles. The van der Waals surface area contributed by atoms with E-state index in [-0.39, 0.29) is 45.8 Å². The Morgan fingerprint density at radius 1 is 1.15 bits per heavy atom. The number of sulfonamides is 1. The first-order valence-electron chi connectivity index (χ1n) is 16.7. The molecule has 6 rings (SSSR count). The molecule has 3 aliphatic rings. The monoisotopic (exact) mass is 681 g/mol. The number of nitrogens with one attached hydrogen (secondary N) is 1. The van der Waals surface area contributed by atoms with Crippen LogP contribution in [0.25, 0.3) is 0 Å². The van der Waals surface area contributed by atoms with Gasteiger partial charge in [0.25, 0.3) is 15.9 Å². The second-order valence-corrected chi connectivity index (χ2v) is 15.0. The number of benzene rings is 1. The summed E-state index contributed by atoms with van der Waals surface area (Å²) in [5.74, 6) is 0.545. The number of anilines is 1. The molecule has 1 amide bonds. The summed E-state index contributed by atoms with van der Waals surface area (Å²) in [4.78, 5) is 32.3. The van der Waals surface area contributed by atoms with E-state index in [1.807, 2.05) is 20.8 Å². The lowest BCUT2D eigenvalue weighted by Gasteiger charge is -2.54. The van der Waals surface area contributed by atoms with Crippen molar-refractivity contribution in [2.24, 2.45) is 5.41 Å². The van der Waals surface area contributed by atoms with E-state index >= 15 is 0 Å². The number of amides is 1. The van der Waals surface area contributed by atoms with E-state index < -0.39 is 15.8 Å². The zero-order chi connectivity index (χ0) is 33.9. The van der Waals surface area contributed by atoms with Crippen molar-refractivity contribution in [3.63, 3.8) is 0 Å². The molecule has 0 aliphatic carbocycles. The van der Waals surface area contributed by atoms with Gasteiger partial charge < -0.3 is 24.2 Å². The first kappa shape index (κ1) is 34.2. The number of carbonyl (C=O) groups excluding carboxylic acids is 1. The van der Waals surface area contributed by atoms with Crippen molar-refractivity contribution in [3.8, 4) is 11.5 Å². The number of hydrogen-bond donors (Lipinski definition) is 1. The Balaban J connectivity index is 1.00. The van der Waals surface area contributed by atoms with Gasteiger partial charge in [-0.15, -0.1) is 0 Å². The van der Waals surface area contributed by atoms with Crippen LogP contribution in [0.4, 0.5) is 10.2 Å². The van der Waals surface area contributed by atoms with Crippen molar-refractivity contribution in [1.82, 2.24) is 29.5 Å². The third kappa shape index (κ3) is 7.61. The molecule has 258 valence electrons. The third-order valence-electron chi connectivity index (χ3n) is 9.61. The fourth-order valence-corrected chi connectivity index (χ4v) is 8.15. The molecule has 12 nitrogen and oxygen atoms in total. The van der Waals surface area contributed by atoms with Crippen molar-refractivity contribution >= 4 is 21.7 Å². The van der Waals surface area contributed by atoms with Crippen LogP contribution in [0.2, 0.25) is 0 Å². The van der Waals surface area contributed by atoms with Gasteiger partial charge in [-0.2, -0.15) is 0 Å². The van der Waals surface area contributed by atoms with Crippen molar-refractivity contribution < 1.29 is 27.1 Å². The first-order chi connectivity index (χ1) is 23.1. The van der Waals surface area contributed by atoms with Gasteiger partial charge in [0.1, 0.15) is 17.9 Å². The molecule has 2 aromatic heterocycles. The Morgan fingerprint density at radius 2 is 1.94 bits per heavy atom. The number of likely N-dealkylation sites (tertiary alicyclic amines) is 1. The zero-order valence-electron chi connectivity index (χ0n) is 27.7. The van der Waals surface area contributed by atoms with Crippen LogP contribution in [-0.4, -0.2) is 103 Å². The molecule has 3 saturated heterocycles. The number of nitrogens with zero attached hydrogens (tertiary/aromatic N) is 6. The summed E-state index contributed by atoms with van der Waals surface area (Å²) in [7, 11) is -3.67. The number of piperidine rings is 1. The maximum Gasteiger partial charge on any atom is 0.258 e. The third-order valence-corrected chi connectivity index (χ3v) is 11.0. The fraction of sp³-hybridized carbons (Fsp3) is 0.529. The largest absolute Gasteiger partial charge is 0.451 e. The van der Waals surface area contributed by atoms with Crippen molar-refractivity contribution in [1.29, 1.82) is 0 Å². The van der Waals surface area contributed by atoms with Crippen LogP contribution < -0.4 is 14.4 Å². The molecule has 1 N–H and O–H groups in total. The van der Waals surface area contributed by atoms with Crippen LogP contribution in [0.3, 0.4) is 0 Å². The summed E-state index contributed by atoms with van der Waals surface area (Å²) in [6.07, 6.45) is 8.21. The molecule has 3 fully saturated rings. The summed E-state index contributed by atoms with van der Waals surface area (Å²) < 4.78 is 54.6. The van der Waals surface area contributed by atoms with Crippen LogP contribution >= 0.6 is 0 Å². The van der Waals surface area contributed by atoms with Gasteiger partial charge in [0, 0.05) is 49.9 Å². The van der Waals surface area contributed by atoms with E-state index in [9.17, 15) is 17.6 Å². The van der Waals surface area contributed by atoms with Crippen LogP contribution in [0.1, 0.15) is 56.8 Å². The molecule has 0 unspecified atom stereocenters. The molecule has 2 atom stereocenters. The minimum atomic E-state index is -3.67. The molecule has 5 heterocycles. The topological polar surface area (TPSA) is 130 Å². The molecule has 48 heavy (non-hydrogen) atoms. The van der Waals surface area contributed by atoms with Crippen LogP contribution in [0.5, 0.6) is 11.5 Å². The van der Waals surface area contributed by atoms with Gasteiger partial charge in [-0.3, -0.25) is 4.79 Å². The van der Waals surface area contributed by atoms with E-state index in [0.29, 0.717) is 24.7 Å². The molecule has 0 bridgehead atoms. The molecule has 1 spiro atoms. The lowest BCUT2D eigenvalue weighted by atomic mass is 9.72. The van der Waals surface area contributed by atoms with E-state index in [4.69, 9.17) is 9.47 Å². The smallest absolute Gasteiger partial charge is 0.258 e. The zero-order valence-corrected chi connectivity index (χ0v) is 28.5. The van der Waals surface area contributed by atoms with Gasteiger partial charge in [-0.25, -0.2) is 32.5 Å². The van der Waals surface area contributed by atoms with Gasteiger partial charge in [-0.1, -0.05) is 6.07 Å². The summed E-state index contributed by atoms with van der Waals surface area (Å²) in [6.45, 7) is 11.0. The van der Waals surface area contributed by atoms with Crippen LogP contribution in [0.15, 0.2) is 60.1 Å². The van der Waals surface area contributed by atoms with Crippen LogP contribution in [-0.2, 0) is 14.8 Å². The highest BCUT2D eigenvalue weighted by Gasteiger charge is 2.46. The number of ether oxygens (including phenoxy) is 2. The first-order valence-corrected chi connectivity index (χ1v) is 18.1. The maximum absolute atomic E-state index is 14.3. The molecule has 0 radical (unpaired) electrons. The minimum absolute atomic E-state index is 0.0199. The molecule has 14 heteroatoms. The Kier molecular flexibility index (Phi) is 10.3. The summed E-state index contributed by atoms with van der Waals surface area (Å²) in [5.41, 5.74) is 0.340. The Morgan fingerprint density at radius 3 is 2.60 bits per heavy atom. The van der Waals surface area contributed by atoms with E-state index in [2.05, 4.69) is 29.5 Å². The highest BCUT2D eigenvalue weighted by Crippen LogP contribution is 2.45. The second kappa shape index (κ2) is 14.4. The molecule has 3 aromatic rings. The highest BCUT2D eigenvalue weighted by atomic mass is 32.2. The van der Waals surface area contributed by atoms with E-state index in [0.717, 1.165) is 58.4 Å². The van der Waals surface area contributed by atoms with Crippen molar-refractivity contribution in [2.45, 2.75) is 69.7 Å². The van der Waals surface area contributed by atoms with Crippen LogP contribution in [0, 0.1) is 11.2 Å². The van der Waals surface area contributed by atoms with Crippen molar-refractivity contribution in [3.05, 3.63) is 66.5 Å². The summed E-state index contributed by atoms with van der Waals surface area (Å²) in [6, 6.07) is 8.51. The minimum Gasteiger partial charge on any atom is -0.451 e. The van der Waals surface area contributed by atoms with Crippen molar-refractivity contribution in [2.75, 3.05) is 50.8 Å². The molecular weight excluding hydrogens is 637 g/mol. The standard InChI is InChI=1S/C34H44FN7O5S/c1-4-42(24(2)3)33(43)28-17-25(35)8-11-29(28)47-30-18-36-23-38-32(30)41-21-34(22-41)12-15-40(16-13-34)19-27-10-9-26(20-46-27)39-48(44,45)31-7-5-6-14-37-31/h5-8,11,14,17-18,23-24,26-27,39H,4,9-10,12-13,15-16,19-22H2,1-3H3/t26-,27+/m1/s1. The average molecular weight is 682 g/mol. The highest BCUT2D eigenvalue weighted by molar-refractivity contribution is 7.89. The number of hydrogen-bond acceptors (Lipinski definition) is 10. The van der Waals surface area contributed by atoms with Gasteiger partial charge >= 0.3 is 0 Å². The summed E-state index contributed by atoms with van der Waals surface area (Å²) >= 11 is 0. The lowest BCUT2D eigenvalue weighted by Crippen LogP contribution is -2.61. The quantitative estimate of drug-likeness (QED) is 0.316. The fourth-order valence-electron chi connectivity index (χ4n) is 6.95. The Labute approximate surface area is 281 Å². The number of rotatable bonds is 11. The maximum atomic E-state index is 14.3. The molecule has 0 saturated carbocycles. The number of pyridine rings is 1. The molecular formula is C34H44FN7O5S. The van der Waals surface area contributed by atoms with Gasteiger partial charge in [0.05, 0.1) is 24.5 Å². The number of aromatic nitrogens is 3. The number of carbonyl (C=O) groups is 1. The lowest BCUT2D eigenvalue weighted by molar-refractivity contribution is -0.0299. The van der Waals surface area contributed by atoms with E-state index in [1.54, 1.807) is 23.2 Å². The second-order valence-electron chi connectivity index (χ2n) is 13.3. The molecule has 1 aromatic carbocycles. The summed E-state index contributed by atoms with van der Waals surface area (Å²) in [5, 5.41) is 0.0199. The SMILES string of the molecule is CCN(C(=O)c1cc(F)ccc1Oc1cncnc1N1CC2(CCN(C[C@@H]3CC[C@@H](NS(=O)(=O)c4ccccn4)CO3)CC2)C1)C(C)C. The predicted molar refractivity (Wildman–Crippen MR) is 178 cm³/mol. The normalized spacial score (nSPS) is 21.2. The number of halogens is 1. The predicted octanol–water partition coefficient (Wildman–Crippen LogP) is 4.10. The van der Waals surface area contributed by atoms with Gasteiger partial charge in [0.2, 0.25) is 0 Å². The van der Waals surface area contributed by atoms with Gasteiger partial charge in [0.15, 0.2) is 16.6 Å². The van der Waals surface area contributed by atoms with E-state index in [1.165, 1.54) is 36.8 Å². The van der Waals surface area contributed by atoms with Gasteiger partial charge in [-0.05, 0) is 89.9 Å². The average Bonchev–Trinajstić information content (AvgIpc) is 3.06. The Bertz CT molecular complexity index is 1670. The Hall–Kier alpha value is -3.72.